The van der Waals surface area contributed by atoms with Crippen molar-refractivity contribution in [2.75, 3.05) is 16.8 Å². The molecule has 5 aromatic carbocycles. The van der Waals surface area contributed by atoms with Crippen molar-refractivity contribution in [3.05, 3.63) is 134 Å². The Labute approximate surface area is 318 Å². The van der Waals surface area contributed by atoms with Crippen LogP contribution >= 0.6 is 22.7 Å². The Morgan fingerprint density at radius 3 is 2.29 bits per heavy atom. The van der Waals surface area contributed by atoms with E-state index in [-0.39, 0.29) is 26.5 Å². The van der Waals surface area contributed by atoms with Gasteiger partial charge in [-0.15, -0.1) is 64.1 Å². The Balaban J connectivity index is 0.00000348. The van der Waals surface area contributed by atoms with Gasteiger partial charge >= 0.3 is 0 Å². The summed E-state index contributed by atoms with van der Waals surface area (Å²) >= 11 is 3.62. The average molecular weight is 879 g/mol. The summed E-state index contributed by atoms with van der Waals surface area (Å²) in [6.07, 6.45) is 1.93. The van der Waals surface area contributed by atoms with E-state index in [4.69, 9.17) is 9.72 Å². The third-order valence-corrected chi connectivity index (χ3v) is 11.9. The van der Waals surface area contributed by atoms with Crippen LogP contribution in [0, 0.1) is 18.8 Å². The summed E-state index contributed by atoms with van der Waals surface area (Å²) in [7, 11) is 2.10. The molecular formula is C43H31N4OPtS2-3. The molecule has 0 radical (unpaired) electrons. The Kier molecular flexibility index (Phi) is 7.55. The maximum absolute atomic E-state index is 6.57. The number of benzene rings is 5. The maximum atomic E-state index is 6.57. The van der Waals surface area contributed by atoms with Crippen molar-refractivity contribution in [1.29, 1.82) is 0 Å². The summed E-state index contributed by atoms with van der Waals surface area (Å²) in [6.45, 7) is 8.84. The van der Waals surface area contributed by atoms with Crippen molar-refractivity contribution >= 4 is 91.1 Å². The van der Waals surface area contributed by atoms with Gasteiger partial charge in [0.25, 0.3) is 0 Å². The summed E-state index contributed by atoms with van der Waals surface area (Å²) in [4.78, 5) is 9.35. The van der Waals surface area contributed by atoms with Crippen LogP contribution in [-0.2, 0) is 26.5 Å². The normalized spacial score (nSPS) is 13.2. The Morgan fingerprint density at radius 2 is 1.47 bits per heavy atom. The Hall–Kier alpha value is -4.68. The van der Waals surface area contributed by atoms with E-state index in [1.165, 1.54) is 51.9 Å². The molecule has 1 aliphatic heterocycles. The molecule has 0 spiro atoms. The first-order valence-electron chi connectivity index (χ1n) is 16.7. The molecule has 0 saturated heterocycles. The molecule has 5 heterocycles. The smallest absolute Gasteiger partial charge is 0.135 e. The number of hydrogen-bond acceptors (Lipinski definition) is 6. The number of pyridine rings is 1. The summed E-state index contributed by atoms with van der Waals surface area (Å²) in [5, 5.41) is 7.21. The van der Waals surface area contributed by atoms with Crippen LogP contribution in [0.3, 0.4) is 0 Å². The van der Waals surface area contributed by atoms with E-state index in [0.717, 1.165) is 27.9 Å². The predicted octanol–water partition coefficient (Wildman–Crippen LogP) is 12.2. The molecule has 10 rings (SSSR count). The number of thiophene rings is 2. The topological polar surface area (TPSA) is 33.5 Å². The van der Waals surface area contributed by atoms with E-state index < -0.39 is 0 Å². The van der Waals surface area contributed by atoms with Crippen LogP contribution in [0.1, 0.15) is 26.3 Å². The van der Waals surface area contributed by atoms with E-state index in [1.54, 1.807) is 11.3 Å². The van der Waals surface area contributed by atoms with Crippen LogP contribution in [0.4, 0.5) is 16.4 Å². The molecular weight excluding hydrogens is 848 g/mol. The molecule has 0 aliphatic carbocycles. The van der Waals surface area contributed by atoms with Gasteiger partial charge in [-0.25, -0.2) is 4.98 Å². The second-order valence-corrected chi connectivity index (χ2v) is 16.0. The Bertz CT molecular complexity index is 2810. The monoisotopic (exact) mass is 878 g/mol. The van der Waals surface area contributed by atoms with Gasteiger partial charge in [-0.2, -0.15) is 18.8 Å². The molecule has 5 nitrogen and oxygen atoms in total. The first-order valence-corrected chi connectivity index (χ1v) is 18.3. The molecule has 0 atom stereocenters. The van der Waals surface area contributed by atoms with Crippen molar-refractivity contribution in [3.8, 4) is 17.3 Å². The second-order valence-electron chi connectivity index (χ2n) is 13.9. The van der Waals surface area contributed by atoms with Crippen molar-refractivity contribution in [1.82, 2.24) is 9.55 Å². The van der Waals surface area contributed by atoms with Gasteiger partial charge in [-0.1, -0.05) is 68.8 Å². The molecule has 1 aliphatic rings. The van der Waals surface area contributed by atoms with Crippen molar-refractivity contribution in [2.45, 2.75) is 26.2 Å². The zero-order chi connectivity index (χ0) is 33.7. The molecule has 4 aromatic heterocycles. The third kappa shape index (κ3) is 5.09. The molecule has 0 bridgehead atoms. The van der Waals surface area contributed by atoms with Gasteiger partial charge in [-0.05, 0) is 53.7 Å². The molecule has 51 heavy (non-hydrogen) atoms. The van der Waals surface area contributed by atoms with Crippen LogP contribution in [0.5, 0.6) is 11.5 Å². The third-order valence-electron chi connectivity index (χ3n) is 9.64. The molecule has 0 unspecified atom stereocenters. The van der Waals surface area contributed by atoms with Crippen molar-refractivity contribution in [3.63, 3.8) is 0 Å². The maximum Gasteiger partial charge on any atom is 0.135 e. The summed E-state index contributed by atoms with van der Waals surface area (Å²) < 4.78 is 12.7. The van der Waals surface area contributed by atoms with Crippen LogP contribution < -0.4 is 14.5 Å². The van der Waals surface area contributed by atoms with E-state index in [9.17, 15) is 0 Å². The minimum absolute atomic E-state index is 0. The standard InChI is InChI=1S/C43H31N4OS2.Pt/c1-43(2,3)26-20-21-44-38(22-26)47-34-24-29(16-17-30(34)31-18-19-37-39(40(31)47)32-12-5-7-14-35(32)49-37)48-28-11-9-10-27(23-28)46-25-45(4)41-33-13-6-8-15-36(33)50-42(41)46;/h5-22,25H,1-4H3;/q-3;. The van der Waals surface area contributed by atoms with Crippen molar-refractivity contribution in [2.24, 2.45) is 0 Å². The quantitative estimate of drug-likeness (QED) is 0.165. The average Bonchev–Trinajstić information content (AvgIpc) is 3.86. The zero-order valence-electron chi connectivity index (χ0n) is 28.3. The van der Waals surface area contributed by atoms with Crippen LogP contribution in [0.15, 0.2) is 109 Å². The second kappa shape index (κ2) is 11.9. The van der Waals surface area contributed by atoms with Gasteiger partial charge in [0.15, 0.2) is 0 Å². The van der Waals surface area contributed by atoms with Gasteiger partial charge in [0.1, 0.15) is 5.82 Å². The molecule has 0 amide bonds. The minimum atomic E-state index is -0.0299. The fourth-order valence-electron chi connectivity index (χ4n) is 7.25. The number of ether oxygens (including phenoxy) is 1. The van der Waals surface area contributed by atoms with Crippen LogP contribution in [0.2, 0.25) is 0 Å². The first-order chi connectivity index (χ1) is 24.3. The summed E-state index contributed by atoms with van der Waals surface area (Å²) in [6, 6.07) is 43.5. The number of hydrogen-bond donors (Lipinski definition) is 0. The molecule has 0 saturated carbocycles. The van der Waals surface area contributed by atoms with Gasteiger partial charge in [-0.3, -0.25) is 0 Å². The number of fused-ring (bicyclic) bond motifs is 10. The number of nitrogens with zero attached hydrogens (tertiary/aromatic N) is 4. The van der Waals surface area contributed by atoms with E-state index >= 15 is 0 Å². The van der Waals surface area contributed by atoms with E-state index in [2.05, 4.69) is 146 Å². The summed E-state index contributed by atoms with van der Waals surface area (Å²) in [5.41, 5.74) is 5.41. The van der Waals surface area contributed by atoms with E-state index in [0.29, 0.717) is 11.5 Å². The minimum Gasteiger partial charge on any atom is -0.509 e. The Morgan fingerprint density at radius 1 is 0.725 bits per heavy atom. The van der Waals surface area contributed by atoms with Crippen LogP contribution in [0.25, 0.3) is 57.9 Å². The zero-order valence-corrected chi connectivity index (χ0v) is 32.2. The number of rotatable bonds is 4. The fourth-order valence-corrected chi connectivity index (χ4v) is 9.58. The van der Waals surface area contributed by atoms with Crippen LogP contribution in [-0.4, -0.2) is 16.6 Å². The van der Waals surface area contributed by atoms with Gasteiger partial charge in [0.2, 0.25) is 0 Å². The van der Waals surface area contributed by atoms with Crippen molar-refractivity contribution < 1.29 is 25.8 Å². The predicted molar refractivity (Wildman–Crippen MR) is 211 cm³/mol. The molecule has 9 aromatic rings. The fraction of sp³-hybridized carbons (Fsp3) is 0.116. The largest absolute Gasteiger partial charge is 0.509 e. The molecule has 0 fully saturated rings. The van der Waals surface area contributed by atoms with E-state index in [1.807, 2.05) is 35.7 Å². The SMILES string of the molecule is CN1[CH-]N(c2[c-]c(Oc3[c-]c4c(cc3)c3ccc5sc6ccccc6c5c3n4-c3cc(C(C)(C)C)ccn3)ccc2)c2sc3ccccc3c21.[Pt]. The molecule has 254 valence electrons. The molecule has 0 N–H and O–H groups in total. The van der Waals surface area contributed by atoms with Gasteiger partial charge < -0.3 is 19.1 Å². The number of aromatic nitrogens is 2. The first kappa shape index (κ1) is 32.2. The summed E-state index contributed by atoms with van der Waals surface area (Å²) in [5.74, 6) is 2.12. The number of anilines is 3. The van der Waals surface area contributed by atoms with Gasteiger partial charge in [0.05, 0.1) is 10.5 Å². The molecule has 8 heteroatoms. The van der Waals surface area contributed by atoms with Gasteiger partial charge in [0, 0.05) is 74.7 Å².